The topological polar surface area (TPSA) is 71.5 Å². The van der Waals surface area contributed by atoms with Gasteiger partial charge in [-0.15, -0.1) is 0 Å². The van der Waals surface area contributed by atoms with E-state index in [1.807, 2.05) is 48.5 Å². The van der Waals surface area contributed by atoms with Gasteiger partial charge in [0.2, 0.25) is 11.8 Å². The third-order valence-corrected chi connectivity index (χ3v) is 5.62. The number of aromatic nitrogens is 1. The molecule has 3 aromatic rings. The van der Waals surface area contributed by atoms with Gasteiger partial charge < -0.3 is 15.0 Å². The molecule has 0 spiro atoms. The molecule has 0 fully saturated rings. The number of nitrogens with one attached hydrogen (secondary N) is 1. The van der Waals surface area contributed by atoms with Gasteiger partial charge in [-0.1, -0.05) is 35.6 Å². The monoisotopic (exact) mass is 393 g/mol. The molecule has 1 aliphatic rings. The smallest absolute Gasteiger partial charge is 0.228 e. The SMILES string of the molecule is COc1ccc2nc(NC(=O)C[C@H]3c4ccccc4C=CN3C(C)=O)sc2c1. The highest BCUT2D eigenvalue weighted by Gasteiger charge is 2.28. The summed E-state index contributed by atoms with van der Waals surface area (Å²) in [6.45, 7) is 1.50. The van der Waals surface area contributed by atoms with E-state index in [0.717, 1.165) is 27.1 Å². The van der Waals surface area contributed by atoms with Crippen molar-refractivity contribution in [2.45, 2.75) is 19.4 Å². The summed E-state index contributed by atoms with van der Waals surface area (Å²) in [7, 11) is 1.61. The molecule has 0 bridgehead atoms. The number of anilines is 1. The zero-order valence-electron chi connectivity index (χ0n) is 15.5. The minimum absolute atomic E-state index is 0.101. The highest BCUT2D eigenvalue weighted by molar-refractivity contribution is 7.22. The van der Waals surface area contributed by atoms with E-state index < -0.39 is 0 Å². The third-order valence-electron chi connectivity index (χ3n) is 4.69. The Hall–Kier alpha value is -3.19. The van der Waals surface area contributed by atoms with E-state index in [4.69, 9.17) is 4.74 Å². The minimum Gasteiger partial charge on any atom is -0.497 e. The lowest BCUT2D eigenvalue weighted by Gasteiger charge is -2.32. The van der Waals surface area contributed by atoms with E-state index in [-0.39, 0.29) is 24.3 Å². The van der Waals surface area contributed by atoms with Gasteiger partial charge in [0.25, 0.3) is 0 Å². The number of carbonyl (C=O) groups is 2. The Balaban J connectivity index is 1.55. The average molecular weight is 393 g/mol. The van der Waals surface area contributed by atoms with E-state index in [1.165, 1.54) is 18.3 Å². The highest BCUT2D eigenvalue weighted by atomic mass is 32.1. The maximum Gasteiger partial charge on any atom is 0.228 e. The highest BCUT2D eigenvalue weighted by Crippen LogP contribution is 2.34. The molecule has 0 saturated heterocycles. The summed E-state index contributed by atoms with van der Waals surface area (Å²) in [6, 6.07) is 13.0. The van der Waals surface area contributed by atoms with Crippen LogP contribution in [0, 0.1) is 0 Å². The fourth-order valence-corrected chi connectivity index (χ4v) is 4.25. The first-order valence-electron chi connectivity index (χ1n) is 8.85. The van der Waals surface area contributed by atoms with Gasteiger partial charge in [0, 0.05) is 13.1 Å². The summed E-state index contributed by atoms with van der Waals surface area (Å²) in [6.07, 6.45) is 3.79. The third kappa shape index (κ3) is 3.48. The quantitative estimate of drug-likeness (QED) is 0.721. The Morgan fingerprint density at radius 2 is 2.07 bits per heavy atom. The summed E-state index contributed by atoms with van der Waals surface area (Å²) in [4.78, 5) is 30.8. The number of hydrogen-bond donors (Lipinski definition) is 1. The van der Waals surface area contributed by atoms with E-state index in [0.29, 0.717) is 5.13 Å². The Morgan fingerprint density at radius 3 is 2.86 bits per heavy atom. The second kappa shape index (κ2) is 7.44. The fraction of sp³-hybridized carbons (Fsp3) is 0.190. The number of rotatable bonds is 4. The number of fused-ring (bicyclic) bond motifs is 2. The molecule has 2 heterocycles. The van der Waals surface area contributed by atoms with Crippen molar-refractivity contribution in [2.75, 3.05) is 12.4 Å². The van der Waals surface area contributed by atoms with Crippen molar-refractivity contribution in [1.29, 1.82) is 0 Å². The fourth-order valence-electron chi connectivity index (χ4n) is 3.34. The maximum atomic E-state index is 12.7. The van der Waals surface area contributed by atoms with Crippen LogP contribution in [0.4, 0.5) is 5.13 Å². The Morgan fingerprint density at radius 1 is 1.25 bits per heavy atom. The molecule has 1 aromatic heterocycles. The summed E-state index contributed by atoms with van der Waals surface area (Å²) in [5, 5.41) is 3.40. The maximum absolute atomic E-state index is 12.7. The minimum atomic E-state index is -0.340. The lowest BCUT2D eigenvalue weighted by atomic mass is 9.93. The molecule has 0 unspecified atom stereocenters. The molecule has 0 saturated carbocycles. The van der Waals surface area contributed by atoms with Gasteiger partial charge in [0.1, 0.15) is 5.75 Å². The number of amides is 2. The van der Waals surface area contributed by atoms with Gasteiger partial charge in [-0.05, 0) is 35.4 Å². The molecule has 1 aliphatic heterocycles. The Bertz CT molecular complexity index is 1090. The van der Waals surface area contributed by atoms with E-state index >= 15 is 0 Å². The van der Waals surface area contributed by atoms with Crippen LogP contribution in [0.1, 0.15) is 30.5 Å². The van der Waals surface area contributed by atoms with Gasteiger partial charge in [0.15, 0.2) is 5.13 Å². The predicted molar refractivity (Wildman–Crippen MR) is 110 cm³/mol. The zero-order valence-corrected chi connectivity index (χ0v) is 16.3. The molecule has 2 aromatic carbocycles. The van der Waals surface area contributed by atoms with Crippen LogP contribution in [-0.4, -0.2) is 28.8 Å². The van der Waals surface area contributed by atoms with Crippen LogP contribution >= 0.6 is 11.3 Å². The molecule has 28 heavy (non-hydrogen) atoms. The van der Waals surface area contributed by atoms with Crippen LogP contribution in [0.2, 0.25) is 0 Å². The van der Waals surface area contributed by atoms with E-state index in [9.17, 15) is 9.59 Å². The molecule has 1 N–H and O–H groups in total. The van der Waals surface area contributed by atoms with Crippen molar-refractivity contribution in [1.82, 2.24) is 9.88 Å². The Labute approximate surface area is 166 Å². The molecule has 0 aliphatic carbocycles. The van der Waals surface area contributed by atoms with Crippen LogP contribution in [-0.2, 0) is 9.59 Å². The number of methoxy groups -OCH3 is 1. The molecule has 2 amide bonds. The summed E-state index contributed by atoms with van der Waals surface area (Å²) in [5.74, 6) is 0.458. The second-order valence-electron chi connectivity index (χ2n) is 6.49. The van der Waals surface area contributed by atoms with Crippen molar-refractivity contribution >= 4 is 44.6 Å². The molecule has 142 valence electrons. The molecular formula is C21H19N3O3S. The van der Waals surface area contributed by atoms with Crippen molar-refractivity contribution < 1.29 is 14.3 Å². The number of benzene rings is 2. The molecule has 7 heteroatoms. The number of hydrogen-bond acceptors (Lipinski definition) is 5. The first-order chi connectivity index (χ1) is 13.5. The first-order valence-corrected chi connectivity index (χ1v) is 9.67. The van der Waals surface area contributed by atoms with Crippen LogP contribution in [0.5, 0.6) is 5.75 Å². The predicted octanol–water partition coefficient (Wildman–Crippen LogP) is 4.21. The average Bonchev–Trinajstić information content (AvgIpc) is 3.08. The van der Waals surface area contributed by atoms with Crippen LogP contribution < -0.4 is 10.1 Å². The van der Waals surface area contributed by atoms with Gasteiger partial charge in [-0.3, -0.25) is 9.59 Å². The Kier molecular flexibility index (Phi) is 4.83. The molecular weight excluding hydrogens is 374 g/mol. The molecule has 6 nitrogen and oxygen atoms in total. The molecule has 0 radical (unpaired) electrons. The van der Waals surface area contributed by atoms with E-state index in [1.54, 1.807) is 18.2 Å². The van der Waals surface area contributed by atoms with Crippen molar-refractivity contribution in [2.24, 2.45) is 0 Å². The standard InChI is InChI=1S/C21H19N3O3S/c1-13(25)24-10-9-14-5-3-4-6-16(14)18(24)12-20(26)23-21-22-17-8-7-15(27-2)11-19(17)28-21/h3-11,18H,12H2,1-2H3,(H,22,23,26)/t18-/m0/s1. The van der Waals surface area contributed by atoms with Crippen LogP contribution in [0.25, 0.3) is 16.3 Å². The normalized spacial score (nSPS) is 15.4. The zero-order chi connectivity index (χ0) is 19.7. The second-order valence-corrected chi connectivity index (χ2v) is 7.52. The number of ether oxygens (including phenoxy) is 1. The van der Waals surface area contributed by atoms with Crippen LogP contribution in [0.15, 0.2) is 48.7 Å². The molecule has 4 rings (SSSR count). The van der Waals surface area contributed by atoms with Gasteiger partial charge >= 0.3 is 0 Å². The first kappa shape index (κ1) is 18.2. The van der Waals surface area contributed by atoms with Gasteiger partial charge in [0.05, 0.1) is 29.8 Å². The number of thiazole rings is 1. The van der Waals surface area contributed by atoms with Gasteiger partial charge in [-0.2, -0.15) is 0 Å². The number of nitrogens with zero attached hydrogens (tertiary/aromatic N) is 2. The lowest BCUT2D eigenvalue weighted by Crippen LogP contribution is -2.33. The number of carbonyl (C=O) groups excluding carboxylic acids is 2. The van der Waals surface area contributed by atoms with E-state index in [2.05, 4.69) is 10.3 Å². The largest absolute Gasteiger partial charge is 0.497 e. The van der Waals surface area contributed by atoms with Crippen molar-refractivity contribution in [3.05, 3.63) is 59.8 Å². The summed E-state index contributed by atoms with van der Waals surface area (Å²) >= 11 is 1.39. The molecule has 1 atom stereocenters. The van der Waals surface area contributed by atoms with Crippen LogP contribution in [0.3, 0.4) is 0 Å². The van der Waals surface area contributed by atoms with Crippen molar-refractivity contribution in [3.63, 3.8) is 0 Å². The summed E-state index contributed by atoms with van der Waals surface area (Å²) < 4.78 is 6.16. The lowest BCUT2D eigenvalue weighted by molar-refractivity contribution is -0.129. The summed E-state index contributed by atoms with van der Waals surface area (Å²) in [5.41, 5.74) is 2.78. The van der Waals surface area contributed by atoms with Crippen molar-refractivity contribution in [3.8, 4) is 5.75 Å². The van der Waals surface area contributed by atoms with Gasteiger partial charge in [-0.25, -0.2) is 4.98 Å².